The summed E-state index contributed by atoms with van der Waals surface area (Å²) in [5.41, 5.74) is 0.275. The molecule has 20 heavy (non-hydrogen) atoms. The lowest BCUT2D eigenvalue weighted by Crippen LogP contribution is -2.29. The van der Waals surface area contributed by atoms with Crippen molar-refractivity contribution in [3.63, 3.8) is 0 Å². The van der Waals surface area contributed by atoms with Crippen LogP contribution in [0.3, 0.4) is 0 Å². The van der Waals surface area contributed by atoms with E-state index in [1.807, 2.05) is 30.3 Å². The number of nitrogens with one attached hydrogen (secondary N) is 2. The molecule has 0 saturated carbocycles. The fourth-order valence-electron chi connectivity index (χ4n) is 1.54. The molecule has 104 valence electrons. The van der Waals surface area contributed by atoms with E-state index in [-0.39, 0.29) is 11.6 Å². The van der Waals surface area contributed by atoms with Crippen LogP contribution in [0.4, 0.5) is 5.82 Å². The van der Waals surface area contributed by atoms with Crippen LogP contribution in [0.25, 0.3) is 0 Å². The minimum Gasteiger partial charge on any atom is -0.492 e. The van der Waals surface area contributed by atoms with E-state index in [2.05, 4.69) is 20.6 Å². The molecule has 0 fully saturated rings. The molecular weight excluding hydrogens is 256 g/mol. The monoisotopic (exact) mass is 272 g/mol. The van der Waals surface area contributed by atoms with E-state index in [0.29, 0.717) is 19.0 Å². The van der Waals surface area contributed by atoms with Crippen LogP contribution in [-0.2, 0) is 0 Å². The zero-order valence-corrected chi connectivity index (χ0v) is 11.2. The van der Waals surface area contributed by atoms with Gasteiger partial charge >= 0.3 is 0 Å². The molecule has 0 spiro atoms. The Labute approximate surface area is 117 Å². The van der Waals surface area contributed by atoms with Crippen LogP contribution in [0.5, 0.6) is 5.75 Å². The summed E-state index contributed by atoms with van der Waals surface area (Å²) >= 11 is 0. The van der Waals surface area contributed by atoms with Gasteiger partial charge in [-0.15, -0.1) is 0 Å². The standard InChI is InChI=1S/C14H16N4O2/c1-15-13-10-16-9-12(18-13)14(19)17-7-8-20-11-5-3-2-4-6-11/h2-6,9-10H,7-8H2,1H3,(H,15,18)(H,17,19). The second-order valence-corrected chi connectivity index (χ2v) is 3.96. The van der Waals surface area contributed by atoms with Gasteiger partial charge in [0.05, 0.1) is 18.9 Å². The number of anilines is 1. The minimum absolute atomic E-state index is 0.272. The maximum atomic E-state index is 11.8. The van der Waals surface area contributed by atoms with Crippen molar-refractivity contribution in [2.75, 3.05) is 25.5 Å². The van der Waals surface area contributed by atoms with E-state index in [4.69, 9.17) is 4.74 Å². The summed E-state index contributed by atoms with van der Waals surface area (Å²) in [4.78, 5) is 19.9. The van der Waals surface area contributed by atoms with Crippen molar-refractivity contribution in [3.8, 4) is 5.75 Å². The molecule has 6 heteroatoms. The number of ether oxygens (including phenoxy) is 1. The molecule has 0 atom stereocenters. The van der Waals surface area contributed by atoms with Crippen molar-refractivity contribution in [1.29, 1.82) is 0 Å². The van der Waals surface area contributed by atoms with Gasteiger partial charge < -0.3 is 15.4 Å². The van der Waals surface area contributed by atoms with Crippen molar-refractivity contribution in [2.45, 2.75) is 0 Å². The Morgan fingerprint density at radius 2 is 2.05 bits per heavy atom. The quantitative estimate of drug-likeness (QED) is 0.776. The van der Waals surface area contributed by atoms with Gasteiger partial charge in [0.1, 0.15) is 23.9 Å². The second kappa shape index (κ2) is 7.08. The maximum Gasteiger partial charge on any atom is 0.271 e. The Balaban J connectivity index is 1.77. The second-order valence-electron chi connectivity index (χ2n) is 3.96. The van der Waals surface area contributed by atoms with Gasteiger partial charge in [0.2, 0.25) is 0 Å². The predicted molar refractivity (Wildman–Crippen MR) is 75.8 cm³/mol. The molecule has 0 radical (unpaired) electrons. The van der Waals surface area contributed by atoms with Gasteiger partial charge in [-0.1, -0.05) is 18.2 Å². The topological polar surface area (TPSA) is 76.1 Å². The summed E-state index contributed by atoms with van der Waals surface area (Å²) in [6.45, 7) is 0.800. The van der Waals surface area contributed by atoms with Crippen LogP contribution in [0.1, 0.15) is 10.5 Å². The van der Waals surface area contributed by atoms with Gasteiger partial charge in [0.15, 0.2) is 0 Å². The largest absolute Gasteiger partial charge is 0.492 e. The lowest BCUT2D eigenvalue weighted by molar-refractivity contribution is 0.0941. The fraction of sp³-hybridized carbons (Fsp3) is 0.214. The molecule has 0 aliphatic heterocycles. The van der Waals surface area contributed by atoms with Gasteiger partial charge in [-0.2, -0.15) is 0 Å². The number of nitrogens with zero attached hydrogens (tertiary/aromatic N) is 2. The zero-order chi connectivity index (χ0) is 14.2. The average molecular weight is 272 g/mol. The van der Waals surface area contributed by atoms with Crippen molar-refractivity contribution in [1.82, 2.24) is 15.3 Å². The molecule has 0 aliphatic rings. The Hall–Kier alpha value is -2.63. The summed E-state index contributed by atoms with van der Waals surface area (Å²) in [5, 5.41) is 5.56. The highest BCUT2D eigenvalue weighted by molar-refractivity contribution is 5.92. The number of carbonyl (C=O) groups is 1. The summed E-state index contributed by atoms with van der Waals surface area (Å²) < 4.78 is 5.47. The first-order valence-electron chi connectivity index (χ1n) is 6.25. The Morgan fingerprint density at radius 3 is 2.80 bits per heavy atom. The number of hydrogen-bond acceptors (Lipinski definition) is 5. The van der Waals surface area contributed by atoms with Crippen LogP contribution in [-0.4, -0.2) is 36.1 Å². The molecule has 0 aliphatic carbocycles. The molecule has 1 aromatic heterocycles. The number of amides is 1. The molecule has 0 saturated heterocycles. The zero-order valence-electron chi connectivity index (χ0n) is 11.2. The Bertz CT molecular complexity index is 560. The molecular formula is C14H16N4O2. The van der Waals surface area contributed by atoms with Gasteiger partial charge in [0.25, 0.3) is 5.91 Å². The van der Waals surface area contributed by atoms with E-state index < -0.39 is 0 Å². The maximum absolute atomic E-state index is 11.8. The highest BCUT2D eigenvalue weighted by Gasteiger charge is 2.07. The van der Waals surface area contributed by atoms with Crippen LogP contribution < -0.4 is 15.4 Å². The smallest absolute Gasteiger partial charge is 0.271 e. The van der Waals surface area contributed by atoms with Crippen molar-refractivity contribution < 1.29 is 9.53 Å². The number of hydrogen-bond donors (Lipinski definition) is 2. The molecule has 0 unspecified atom stereocenters. The number of aromatic nitrogens is 2. The Kier molecular flexibility index (Phi) is 4.88. The van der Waals surface area contributed by atoms with Gasteiger partial charge in [0, 0.05) is 7.05 Å². The predicted octanol–water partition coefficient (Wildman–Crippen LogP) is 1.33. The van der Waals surface area contributed by atoms with E-state index in [1.54, 1.807) is 13.2 Å². The Morgan fingerprint density at radius 1 is 1.25 bits per heavy atom. The number of benzene rings is 1. The van der Waals surface area contributed by atoms with Crippen LogP contribution in [0.2, 0.25) is 0 Å². The third-order valence-corrected chi connectivity index (χ3v) is 2.52. The molecule has 1 amide bonds. The van der Waals surface area contributed by atoms with Gasteiger partial charge in [-0.05, 0) is 12.1 Å². The van der Waals surface area contributed by atoms with E-state index in [9.17, 15) is 4.79 Å². The van der Waals surface area contributed by atoms with Crippen molar-refractivity contribution in [2.24, 2.45) is 0 Å². The summed E-state index contributed by atoms with van der Waals surface area (Å²) in [6, 6.07) is 9.44. The first-order chi connectivity index (χ1) is 9.79. The first-order valence-corrected chi connectivity index (χ1v) is 6.25. The van der Waals surface area contributed by atoms with E-state index in [0.717, 1.165) is 5.75 Å². The third-order valence-electron chi connectivity index (χ3n) is 2.52. The SMILES string of the molecule is CNc1cncc(C(=O)NCCOc2ccccc2)n1. The van der Waals surface area contributed by atoms with Crippen LogP contribution in [0, 0.1) is 0 Å². The summed E-state index contributed by atoms with van der Waals surface area (Å²) in [5.74, 6) is 1.06. The fourth-order valence-corrected chi connectivity index (χ4v) is 1.54. The van der Waals surface area contributed by atoms with Crippen LogP contribution in [0.15, 0.2) is 42.7 Å². The number of carbonyl (C=O) groups excluding carboxylic acids is 1. The van der Waals surface area contributed by atoms with Crippen LogP contribution >= 0.6 is 0 Å². The molecule has 2 rings (SSSR count). The lowest BCUT2D eigenvalue weighted by atomic mass is 10.3. The van der Waals surface area contributed by atoms with E-state index in [1.165, 1.54) is 6.20 Å². The molecule has 2 aromatic rings. The minimum atomic E-state index is -0.272. The lowest BCUT2D eigenvalue weighted by Gasteiger charge is -2.07. The van der Waals surface area contributed by atoms with Gasteiger partial charge in [-0.3, -0.25) is 9.78 Å². The summed E-state index contributed by atoms with van der Waals surface area (Å²) in [6.07, 6.45) is 2.98. The highest BCUT2D eigenvalue weighted by atomic mass is 16.5. The average Bonchev–Trinajstić information content (AvgIpc) is 2.52. The van der Waals surface area contributed by atoms with E-state index >= 15 is 0 Å². The third kappa shape index (κ3) is 3.94. The van der Waals surface area contributed by atoms with Gasteiger partial charge in [-0.25, -0.2) is 4.98 Å². The normalized spacial score (nSPS) is 9.85. The molecule has 6 nitrogen and oxygen atoms in total. The molecule has 1 heterocycles. The summed E-state index contributed by atoms with van der Waals surface area (Å²) in [7, 11) is 1.72. The molecule has 0 bridgehead atoms. The van der Waals surface area contributed by atoms with Crippen molar-refractivity contribution in [3.05, 3.63) is 48.4 Å². The number of rotatable bonds is 6. The van der Waals surface area contributed by atoms with Crippen molar-refractivity contribution >= 4 is 11.7 Å². The molecule has 2 N–H and O–H groups in total. The first kappa shape index (κ1) is 13.8. The highest BCUT2D eigenvalue weighted by Crippen LogP contribution is 2.07. The molecule has 1 aromatic carbocycles. The number of para-hydroxylation sites is 1.